The number of carbonyl (C=O) groups is 1. The normalized spacial score (nSPS) is 11.5. The molecule has 1 rings (SSSR count). The molecule has 3 heteroatoms. The second kappa shape index (κ2) is 6.80. The number of hydrogen-bond donors (Lipinski definition) is 1. The van der Waals surface area contributed by atoms with E-state index in [2.05, 4.69) is 26.1 Å². The van der Waals surface area contributed by atoms with Gasteiger partial charge in [-0.05, 0) is 23.3 Å². The zero-order chi connectivity index (χ0) is 12.7. The first-order valence-corrected chi connectivity index (χ1v) is 7.25. The Morgan fingerprint density at radius 3 is 2.76 bits per heavy atom. The molecule has 0 aromatic carbocycles. The highest BCUT2D eigenvalue weighted by Crippen LogP contribution is 2.22. The molecule has 0 saturated carbocycles. The van der Waals surface area contributed by atoms with E-state index in [9.17, 15) is 4.79 Å². The predicted molar refractivity (Wildman–Crippen MR) is 74.6 cm³/mol. The van der Waals surface area contributed by atoms with E-state index in [4.69, 9.17) is 0 Å². The van der Waals surface area contributed by atoms with E-state index in [1.54, 1.807) is 0 Å². The van der Waals surface area contributed by atoms with Gasteiger partial charge in [0, 0.05) is 6.54 Å². The smallest absolute Gasteiger partial charge is 0.261 e. The summed E-state index contributed by atoms with van der Waals surface area (Å²) in [6.45, 7) is 7.41. The van der Waals surface area contributed by atoms with Crippen LogP contribution in [0.4, 0.5) is 0 Å². The van der Waals surface area contributed by atoms with Gasteiger partial charge in [-0.15, -0.1) is 11.3 Å². The van der Waals surface area contributed by atoms with Crippen LogP contribution in [0.3, 0.4) is 0 Å². The quantitative estimate of drug-likeness (QED) is 0.729. The van der Waals surface area contributed by atoms with Crippen LogP contribution in [0.25, 0.3) is 0 Å². The lowest BCUT2D eigenvalue weighted by molar-refractivity contribution is 0.0938. The largest absolute Gasteiger partial charge is 0.351 e. The molecule has 0 radical (unpaired) electrons. The summed E-state index contributed by atoms with van der Waals surface area (Å²) in [4.78, 5) is 12.6. The standard InChI is InChI=1S/C14H23NOS/c1-4-5-6-9-14(2,3)11-15-13(16)12-8-7-10-17-12/h7-8,10H,4-6,9,11H2,1-3H3,(H,15,16). The first-order chi connectivity index (χ1) is 8.05. The lowest BCUT2D eigenvalue weighted by atomic mass is 9.87. The van der Waals surface area contributed by atoms with Crippen molar-refractivity contribution in [2.24, 2.45) is 5.41 Å². The molecule has 1 amide bonds. The van der Waals surface area contributed by atoms with Crippen molar-refractivity contribution in [1.29, 1.82) is 0 Å². The number of amides is 1. The van der Waals surface area contributed by atoms with E-state index in [1.165, 1.54) is 37.0 Å². The summed E-state index contributed by atoms with van der Waals surface area (Å²) in [5.41, 5.74) is 0.197. The Balaban J connectivity index is 2.31. The highest BCUT2D eigenvalue weighted by Gasteiger charge is 2.18. The zero-order valence-electron chi connectivity index (χ0n) is 11.1. The number of rotatable bonds is 7. The summed E-state index contributed by atoms with van der Waals surface area (Å²) in [5.74, 6) is 0.0589. The second-order valence-corrected chi connectivity index (χ2v) is 6.23. The van der Waals surface area contributed by atoms with Crippen LogP contribution in [0, 0.1) is 5.41 Å². The van der Waals surface area contributed by atoms with Crippen LogP contribution in [0.2, 0.25) is 0 Å². The number of hydrogen-bond acceptors (Lipinski definition) is 2. The fourth-order valence-corrected chi connectivity index (χ4v) is 2.40. The van der Waals surface area contributed by atoms with E-state index in [0.29, 0.717) is 0 Å². The molecular weight excluding hydrogens is 230 g/mol. The van der Waals surface area contributed by atoms with E-state index >= 15 is 0 Å². The van der Waals surface area contributed by atoms with Gasteiger partial charge in [-0.2, -0.15) is 0 Å². The van der Waals surface area contributed by atoms with Crippen molar-refractivity contribution < 1.29 is 4.79 Å². The van der Waals surface area contributed by atoms with Crippen molar-refractivity contribution in [1.82, 2.24) is 5.32 Å². The lowest BCUT2D eigenvalue weighted by Gasteiger charge is -2.24. The van der Waals surface area contributed by atoms with Crippen molar-refractivity contribution in [3.05, 3.63) is 22.4 Å². The van der Waals surface area contributed by atoms with Crippen molar-refractivity contribution in [3.8, 4) is 0 Å². The van der Waals surface area contributed by atoms with Crippen LogP contribution in [0.15, 0.2) is 17.5 Å². The summed E-state index contributed by atoms with van der Waals surface area (Å²) in [7, 11) is 0. The predicted octanol–water partition coefficient (Wildman–Crippen LogP) is 4.08. The molecule has 17 heavy (non-hydrogen) atoms. The average molecular weight is 253 g/mol. The number of carbonyl (C=O) groups excluding carboxylic acids is 1. The Labute approximate surface area is 108 Å². The van der Waals surface area contributed by atoms with E-state index in [1.807, 2.05) is 17.5 Å². The Morgan fingerprint density at radius 2 is 2.18 bits per heavy atom. The summed E-state index contributed by atoms with van der Waals surface area (Å²) in [6.07, 6.45) is 4.95. The Morgan fingerprint density at radius 1 is 1.41 bits per heavy atom. The van der Waals surface area contributed by atoms with Gasteiger partial charge in [-0.3, -0.25) is 4.79 Å². The van der Waals surface area contributed by atoms with Crippen LogP contribution in [0.1, 0.15) is 56.1 Å². The van der Waals surface area contributed by atoms with Crippen molar-refractivity contribution in [2.45, 2.75) is 46.5 Å². The molecular formula is C14H23NOS. The van der Waals surface area contributed by atoms with E-state index in [0.717, 1.165) is 11.4 Å². The van der Waals surface area contributed by atoms with Crippen LogP contribution >= 0.6 is 11.3 Å². The first kappa shape index (κ1) is 14.2. The molecule has 0 aliphatic carbocycles. The molecule has 0 unspecified atom stereocenters. The SMILES string of the molecule is CCCCCC(C)(C)CNC(=O)c1cccs1. The molecule has 0 aliphatic heterocycles. The lowest BCUT2D eigenvalue weighted by Crippen LogP contribution is -2.33. The van der Waals surface area contributed by atoms with Gasteiger partial charge in [-0.1, -0.05) is 46.1 Å². The maximum absolute atomic E-state index is 11.8. The summed E-state index contributed by atoms with van der Waals surface area (Å²) >= 11 is 1.49. The minimum absolute atomic E-state index is 0.0589. The van der Waals surface area contributed by atoms with Crippen LogP contribution in [-0.2, 0) is 0 Å². The van der Waals surface area contributed by atoms with E-state index in [-0.39, 0.29) is 11.3 Å². The molecule has 0 atom stereocenters. The molecule has 0 spiro atoms. The summed E-state index contributed by atoms with van der Waals surface area (Å²) in [5, 5.41) is 4.96. The molecule has 96 valence electrons. The third-order valence-corrected chi connectivity index (χ3v) is 3.80. The Kier molecular flexibility index (Phi) is 5.69. The van der Waals surface area contributed by atoms with Gasteiger partial charge in [0.05, 0.1) is 4.88 Å². The topological polar surface area (TPSA) is 29.1 Å². The Bertz CT molecular complexity index is 330. The zero-order valence-corrected chi connectivity index (χ0v) is 11.9. The molecule has 0 bridgehead atoms. The molecule has 1 heterocycles. The fourth-order valence-electron chi connectivity index (χ4n) is 1.76. The number of nitrogens with one attached hydrogen (secondary N) is 1. The highest BCUT2D eigenvalue weighted by atomic mass is 32.1. The summed E-state index contributed by atoms with van der Waals surface area (Å²) in [6, 6.07) is 3.77. The second-order valence-electron chi connectivity index (χ2n) is 5.28. The van der Waals surface area contributed by atoms with Crippen LogP contribution in [-0.4, -0.2) is 12.5 Å². The third kappa shape index (κ3) is 5.35. The fraction of sp³-hybridized carbons (Fsp3) is 0.643. The molecule has 0 aliphatic rings. The van der Waals surface area contributed by atoms with Crippen LogP contribution < -0.4 is 5.32 Å². The average Bonchev–Trinajstić information content (AvgIpc) is 2.80. The van der Waals surface area contributed by atoms with Gasteiger partial charge in [0.25, 0.3) is 5.91 Å². The van der Waals surface area contributed by atoms with Crippen LogP contribution in [0.5, 0.6) is 0 Å². The summed E-state index contributed by atoms with van der Waals surface area (Å²) < 4.78 is 0. The molecule has 0 saturated heterocycles. The molecule has 1 aromatic heterocycles. The minimum atomic E-state index is 0.0589. The minimum Gasteiger partial charge on any atom is -0.351 e. The first-order valence-electron chi connectivity index (χ1n) is 6.37. The van der Waals surface area contributed by atoms with Crippen molar-refractivity contribution in [2.75, 3.05) is 6.54 Å². The van der Waals surface area contributed by atoms with Gasteiger partial charge in [0.1, 0.15) is 0 Å². The molecule has 0 fully saturated rings. The number of thiophene rings is 1. The van der Waals surface area contributed by atoms with Crippen molar-refractivity contribution >= 4 is 17.2 Å². The maximum Gasteiger partial charge on any atom is 0.261 e. The maximum atomic E-state index is 11.8. The monoisotopic (exact) mass is 253 g/mol. The van der Waals surface area contributed by atoms with Gasteiger partial charge in [0.15, 0.2) is 0 Å². The third-order valence-electron chi connectivity index (χ3n) is 2.93. The van der Waals surface area contributed by atoms with Gasteiger partial charge in [0.2, 0.25) is 0 Å². The highest BCUT2D eigenvalue weighted by molar-refractivity contribution is 7.12. The van der Waals surface area contributed by atoms with Crippen molar-refractivity contribution in [3.63, 3.8) is 0 Å². The number of unbranched alkanes of at least 4 members (excludes halogenated alkanes) is 2. The van der Waals surface area contributed by atoms with Gasteiger partial charge < -0.3 is 5.32 Å². The Hall–Kier alpha value is -0.830. The molecule has 1 N–H and O–H groups in total. The van der Waals surface area contributed by atoms with Gasteiger partial charge >= 0.3 is 0 Å². The van der Waals surface area contributed by atoms with E-state index < -0.39 is 0 Å². The van der Waals surface area contributed by atoms with Gasteiger partial charge in [-0.25, -0.2) is 0 Å². The molecule has 2 nitrogen and oxygen atoms in total. The molecule has 1 aromatic rings.